The number of anilines is 1. The molecule has 0 spiro atoms. The molecule has 1 radical (unpaired) electrons. The number of rotatable bonds is 5. The fourth-order valence-electron chi connectivity index (χ4n) is 3.46. The van der Waals surface area contributed by atoms with Crippen LogP contribution in [0.25, 0.3) is 10.6 Å². The van der Waals surface area contributed by atoms with Crippen LogP contribution >= 0.6 is 11.3 Å². The van der Waals surface area contributed by atoms with Gasteiger partial charge in [0.05, 0.1) is 7.11 Å². The zero-order valence-corrected chi connectivity index (χ0v) is 16.5. The number of hydrogen-bond acceptors (Lipinski definition) is 5. The molecule has 6 heteroatoms. The summed E-state index contributed by atoms with van der Waals surface area (Å²) in [6.45, 7) is 0. The van der Waals surface area contributed by atoms with Crippen LogP contribution in [-0.2, 0) is 0 Å². The second kappa shape index (κ2) is 8.52. The average molecular weight is 393 g/mol. The smallest absolute Gasteiger partial charge is 0.257 e. The fourth-order valence-corrected chi connectivity index (χ4v) is 4.20. The average Bonchev–Trinajstić information content (AvgIpc) is 3.23. The number of methoxy groups -OCH3 is 1. The maximum Gasteiger partial charge on any atom is 0.257 e. The molecule has 1 aliphatic carbocycles. The number of benzene rings is 2. The number of nitrogens with zero attached hydrogens (tertiary/aromatic N) is 2. The van der Waals surface area contributed by atoms with E-state index >= 15 is 0 Å². The van der Waals surface area contributed by atoms with Gasteiger partial charge in [-0.05, 0) is 80.0 Å². The van der Waals surface area contributed by atoms with E-state index in [1.165, 1.54) is 42.6 Å². The van der Waals surface area contributed by atoms with Crippen molar-refractivity contribution in [3.63, 3.8) is 0 Å². The second-order valence-corrected chi connectivity index (χ2v) is 7.83. The molecule has 3 aromatic rings. The molecule has 1 heterocycles. The van der Waals surface area contributed by atoms with Crippen LogP contribution in [0.2, 0.25) is 0 Å². The normalized spacial score (nSPS) is 14.6. The lowest BCUT2D eigenvalue weighted by Gasteiger charge is -2.21. The zero-order chi connectivity index (χ0) is 19.3. The van der Waals surface area contributed by atoms with E-state index in [9.17, 15) is 4.79 Å². The minimum atomic E-state index is -0.166. The summed E-state index contributed by atoms with van der Waals surface area (Å²) in [5, 5.41) is 12.4. The van der Waals surface area contributed by atoms with E-state index in [4.69, 9.17) is 4.74 Å². The Balaban J connectivity index is 1.41. The van der Waals surface area contributed by atoms with Crippen molar-refractivity contribution in [1.29, 1.82) is 0 Å². The Hall–Kier alpha value is -2.73. The number of ether oxygens (including phenoxy) is 1. The Morgan fingerprint density at radius 2 is 1.75 bits per heavy atom. The maximum atomic E-state index is 12.5. The van der Waals surface area contributed by atoms with Gasteiger partial charge in [0.25, 0.3) is 5.91 Å². The molecular formula is C22H22N3O2S. The predicted molar refractivity (Wildman–Crippen MR) is 112 cm³/mol. The van der Waals surface area contributed by atoms with E-state index in [0.717, 1.165) is 16.3 Å². The van der Waals surface area contributed by atoms with Gasteiger partial charge in [0.2, 0.25) is 5.13 Å². The molecule has 4 rings (SSSR count). The van der Waals surface area contributed by atoms with E-state index in [-0.39, 0.29) is 5.91 Å². The molecule has 2 aromatic carbocycles. The van der Waals surface area contributed by atoms with Crippen LogP contribution in [-0.4, -0.2) is 23.2 Å². The highest BCUT2D eigenvalue weighted by atomic mass is 32.1. The standard InChI is InChI=1S/C22H22N3O2S/c1-27-19-13-11-18(12-14-19)21-24-25-22(28-21)23-20(26)17-9-7-16(8-10-17)15-5-3-2-4-6-15/h2,7-15H,3-6H2,1H3,(H,23,25,26). The number of hydrogen-bond donors (Lipinski definition) is 1. The highest BCUT2D eigenvalue weighted by Crippen LogP contribution is 2.32. The van der Waals surface area contributed by atoms with Crippen LogP contribution in [0.15, 0.2) is 48.5 Å². The van der Waals surface area contributed by atoms with Crippen molar-refractivity contribution < 1.29 is 9.53 Å². The van der Waals surface area contributed by atoms with Gasteiger partial charge in [-0.1, -0.05) is 23.5 Å². The Kier molecular flexibility index (Phi) is 5.67. The molecule has 1 fully saturated rings. The van der Waals surface area contributed by atoms with Gasteiger partial charge in [0.1, 0.15) is 10.8 Å². The van der Waals surface area contributed by atoms with Gasteiger partial charge in [-0.3, -0.25) is 10.1 Å². The molecule has 0 unspecified atom stereocenters. The molecule has 0 bridgehead atoms. The first kappa shape index (κ1) is 18.6. The predicted octanol–water partition coefficient (Wildman–Crippen LogP) is 5.33. The number of amides is 1. The third kappa shape index (κ3) is 4.22. The van der Waals surface area contributed by atoms with E-state index in [0.29, 0.717) is 16.6 Å². The number of carbonyl (C=O) groups is 1. The summed E-state index contributed by atoms with van der Waals surface area (Å²) in [7, 11) is 1.63. The molecule has 1 aromatic heterocycles. The Labute approximate surface area is 168 Å². The lowest BCUT2D eigenvalue weighted by atomic mass is 9.84. The monoisotopic (exact) mass is 392 g/mol. The molecule has 1 amide bonds. The van der Waals surface area contributed by atoms with Gasteiger partial charge >= 0.3 is 0 Å². The van der Waals surface area contributed by atoms with Gasteiger partial charge in [0.15, 0.2) is 0 Å². The van der Waals surface area contributed by atoms with Crippen molar-refractivity contribution in [2.24, 2.45) is 0 Å². The number of carbonyl (C=O) groups excluding carboxylic acids is 1. The lowest BCUT2D eigenvalue weighted by molar-refractivity contribution is 0.102. The molecule has 1 aliphatic rings. The molecular weight excluding hydrogens is 370 g/mol. The van der Waals surface area contributed by atoms with Crippen molar-refractivity contribution in [2.75, 3.05) is 12.4 Å². The highest BCUT2D eigenvalue weighted by Gasteiger charge is 2.16. The lowest BCUT2D eigenvalue weighted by Crippen LogP contribution is -2.12. The van der Waals surface area contributed by atoms with Crippen LogP contribution in [0.5, 0.6) is 5.75 Å². The third-order valence-corrected chi connectivity index (χ3v) is 5.95. The number of aromatic nitrogens is 2. The summed E-state index contributed by atoms with van der Waals surface area (Å²) in [5.74, 6) is 1.23. The van der Waals surface area contributed by atoms with Gasteiger partial charge in [-0.15, -0.1) is 10.2 Å². The first-order valence-electron chi connectivity index (χ1n) is 9.44. The Morgan fingerprint density at radius 1 is 1.04 bits per heavy atom. The summed E-state index contributed by atoms with van der Waals surface area (Å²) >= 11 is 1.35. The van der Waals surface area contributed by atoms with Gasteiger partial charge in [-0.2, -0.15) is 0 Å². The van der Waals surface area contributed by atoms with Crippen LogP contribution in [0.1, 0.15) is 47.5 Å². The summed E-state index contributed by atoms with van der Waals surface area (Å²) in [6.07, 6.45) is 7.12. The number of nitrogens with one attached hydrogen (secondary N) is 1. The van der Waals surface area contributed by atoms with Crippen molar-refractivity contribution >= 4 is 22.4 Å². The largest absolute Gasteiger partial charge is 0.497 e. The zero-order valence-electron chi connectivity index (χ0n) is 15.7. The maximum absolute atomic E-state index is 12.5. The molecule has 1 saturated carbocycles. The SMILES string of the molecule is COc1ccc(-c2nnc(NC(=O)c3ccc(C4CC[CH]CC4)cc3)s2)cc1. The Morgan fingerprint density at radius 3 is 2.43 bits per heavy atom. The topological polar surface area (TPSA) is 64.1 Å². The molecule has 28 heavy (non-hydrogen) atoms. The summed E-state index contributed by atoms with van der Waals surface area (Å²) in [5.41, 5.74) is 2.89. The minimum absolute atomic E-state index is 0.166. The molecule has 5 nitrogen and oxygen atoms in total. The van der Waals surface area contributed by atoms with Crippen LogP contribution in [0, 0.1) is 6.42 Å². The molecule has 0 aliphatic heterocycles. The van der Waals surface area contributed by atoms with Crippen LogP contribution in [0.4, 0.5) is 5.13 Å². The summed E-state index contributed by atoms with van der Waals surface area (Å²) in [4.78, 5) is 12.5. The highest BCUT2D eigenvalue weighted by molar-refractivity contribution is 7.18. The Bertz CT molecular complexity index is 929. The van der Waals surface area contributed by atoms with Gasteiger partial charge in [-0.25, -0.2) is 0 Å². The van der Waals surface area contributed by atoms with Crippen molar-refractivity contribution in [3.8, 4) is 16.3 Å². The van der Waals surface area contributed by atoms with E-state index in [1.807, 2.05) is 36.4 Å². The molecule has 0 atom stereocenters. The molecule has 0 saturated heterocycles. The van der Waals surface area contributed by atoms with Gasteiger partial charge in [0, 0.05) is 11.1 Å². The second-order valence-electron chi connectivity index (χ2n) is 6.86. The van der Waals surface area contributed by atoms with Crippen molar-refractivity contribution in [1.82, 2.24) is 10.2 Å². The van der Waals surface area contributed by atoms with Crippen molar-refractivity contribution in [3.05, 3.63) is 66.1 Å². The third-order valence-electron chi connectivity index (χ3n) is 5.07. The van der Waals surface area contributed by atoms with Crippen molar-refractivity contribution in [2.45, 2.75) is 31.6 Å². The molecule has 1 N–H and O–H groups in total. The summed E-state index contributed by atoms with van der Waals surface area (Å²) < 4.78 is 5.17. The van der Waals surface area contributed by atoms with Crippen LogP contribution in [0.3, 0.4) is 0 Å². The van der Waals surface area contributed by atoms with E-state index in [2.05, 4.69) is 34.1 Å². The van der Waals surface area contributed by atoms with E-state index < -0.39 is 0 Å². The van der Waals surface area contributed by atoms with Crippen LogP contribution < -0.4 is 10.1 Å². The van der Waals surface area contributed by atoms with Gasteiger partial charge < -0.3 is 4.74 Å². The quantitative estimate of drug-likeness (QED) is 0.637. The summed E-state index contributed by atoms with van der Waals surface area (Å²) in [6, 6.07) is 15.5. The van der Waals surface area contributed by atoms with E-state index in [1.54, 1.807) is 7.11 Å². The first-order chi connectivity index (χ1) is 13.7. The molecule has 143 valence electrons. The minimum Gasteiger partial charge on any atom is -0.497 e. The fraction of sp³-hybridized carbons (Fsp3) is 0.273. The first-order valence-corrected chi connectivity index (χ1v) is 10.3.